The Balaban J connectivity index is 2.29. The molecule has 0 aromatic carbocycles. The van der Waals surface area contributed by atoms with Crippen molar-refractivity contribution in [3.8, 4) is 11.8 Å². The van der Waals surface area contributed by atoms with Crippen LogP contribution in [0.15, 0.2) is 0 Å². The van der Waals surface area contributed by atoms with E-state index in [0.717, 1.165) is 25.7 Å². The Kier molecular flexibility index (Phi) is 3.58. The number of hydrogen-bond donors (Lipinski definition) is 1. The van der Waals surface area contributed by atoms with Gasteiger partial charge in [-0.1, -0.05) is 0 Å². The minimum absolute atomic E-state index is 0.498. The van der Waals surface area contributed by atoms with E-state index in [9.17, 15) is 5.11 Å². The molecule has 0 unspecified atom stereocenters. The van der Waals surface area contributed by atoms with E-state index in [1.807, 2.05) is 6.92 Å². The molecule has 1 aliphatic heterocycles. The molecule has 0 saturated carbocycles. The van der Waals surface area contributed by atoms with Gasteiger partial charge in [-0.3, -0.25) is 0 Å². The monoisotopic (exact) mass is 168 g/mol. The summed E-state index contributed by atoms with van der Waals surface area (Å²) in [6, 6.07) is 0. The van der Waals surface area contributed by atoms with Gasteiger partial charge in [0.2, 0.25) is 0 Å². The van der Waals surface area contributed by atoms with Crippen LogP contribution in [0.3, 0.4) is 0 Å². The Morgan fingerprint density at radius 2 is 2.08 bits per heavy atom. The summed E-state index contributed by atoms with van der Waals surface area (Å²) in [4.78, 5) is 0. The fraction of sp³-hybridized carbons (Fsp3) is 0.800. The second-order valence-electron chi connectivity index (χ2n) is 3.26. The van der Waals surface area contributed by atoms with Gasteiger partial charge >= 0.3 is 0 Å². The van der Waals surface area contributed by atoms with Crippen molar-refractivity contribution in [1.29, 1.82) is 0 Å². The number of ether oxygens (including phenoxy) is 1. The van der Waals surface area contributed by atoms with Gasteiger partial charge in [-0.15, -0.1) is 11.8 Å². The predicted octanol–water partition coefficient (Wildman–Crippen LogP) is 1.33. The third-order valence-corrected chi connectivity index (χ3v) is 2.32. The third kappa shape index (κ3) is 2.84. The molecule has 0 aliphatic carbocycles. The van der Waals surface area contributed by atoms with Crippen LogP contribution in [0.5, 0.6) is 0 Å². The lowest BCUT2D eigenvalue weighted by molar-refractivity contribution is -0.0669. The van der Waals surface area contributed by atoms with Crippen LogP contribution in [-0.4, -0.2) is 23.9 Å². The average molecular weight is 168 g/mol. The Labute approximate surface area is 73.9 Å². The van der Waals surface area contributed by atoms with Crippen LogP contribution in [-0.2, 0) is 4.74 Å². The average Bonchev–Trinajstić information content (AvgIpc) is 2.06. The smallest absolute Gasteiger partial charge is 0.0700 e. The third-order valence-electron chi connectivity index (χ3n) is 2.32. The van der Waals surface area contributed by atoms with Crippen molar-refractivity contribution in [2.24, 2.45) is 0 Å². The zero-order valence-electron chi connectivity index (χ0n) is 7.60. The maximum Gasteiger partial charge on any atom is 0.0700 e. The molecule has 68 valence electrons. The van der Waals surface area contributed by atoms with Gasteiger partial charge in [0.1, 0.15) is 0 Å². The molecule has 0 spiro atoms. The first-order chi connectivity index (χ1) is 5.77. The van der Waals surface area contributed by atoms with Crippen molar-refractivity contribution >= 4 is 0 Å². The molecule has 1 N–H and O–H groups in total. The molecule has 0 bridgehead atoms. The van der Waals surface area contributed by atoms with Crippen molar-refractivity contribution in [2.45, 2.75) is 38.2 Å². The van der Waals surface area contributed by atoms with Gasteiger partial charge in [-0.25, -0.2) is 0 Å². The molecule has 0 aromatic heterocycles. The summed E-state index contributed by atoms with van der Waals surface area (Å²) >= 11 is 0. The summed E-state index contributed by atoms with van der Waals surface area (Å²) in [7, 11) is 0. The van der Waals surface area contributed by atoms with Crippen molar-refractivity contribution < 1.29 is 9.84 Å². The fourth-order valence-corrected chi connectivity index (χ4v) is 1.42. The van der Waals surface area contributed by atoms with Crippen molar-refractivity contribution in [3.05, 3.63) is 0 Å². The van der Waals surface area contributed by atoms with Crippen LogP contribution >= 0.6 is 0 Å². The first-order valence-corrected chi connectivity index (χ1v) is 4.47. The first-order valence-electron chi connectivity index (χ1n) is 4.47. The predicted molar refractivity (Wildman–Crippen MR) is 47.7 cm³/mol. The maximum absolute atomic E-state index is 9.95. The first kappa shape index (κ1) is 9.57. The van der Waals surface area contributed by atoms with Gasteiger partial charge < -0.3 is 9.84 Å². The van der Waals surface area contributed by atoms with Gasteiger partial charge in [0.25, 0.3) is 0 Å². The van der Waals surface area contributed by atoms with Crippen LogP contribution in [0.2, 0.25) is 0 Å². The topological polar surface area (TPSA) is 29.5 Å². The van der Waals surface area contributed by atoms with Crippen LogP contribution in [0.4, 0.5) is 0 Å². The largest absolute Gasteiger partial charge is 0.390 e. The number of hydrogen-bond acceptors (Lipinski definition) is 2. The molecule has 1 rings (SSSR count). The Bertz CT molecular complexity index is 182. The van der Waals surface area contributed by atoms with Crippen LogP contribution in [0.25, 0.3) is 0 Å². The molecule has 0 atom stereocenters. The van der Waals surface area contributed by atoms with E-state index in [1.54, 1.807) is 0 Å². The molecule has 1 aliphatic rings. The highest BCUT2D eigenvalue weighted by molar-refractivity contribution is 4.97. The molecule has 1 heterocycles. The van der Waals surface area contributed by atoms with Crippen LogP contribution in [0, 0.1) is 11.8 Å². The minimum atomic E-state index is -0.498. The lowest BCUT2D eigenvalue weighted by Crippen LogP contribution is -2.35. The van der Waals surface area contributed by atoms with Gasteiger partial charge in [0, 0.05) is 19.6 Å². The highest BCUT2D eigenvalue weighted by Crippen LogP contribution is 2.24. The van der Waals surface area contributed by atoms with Gasteiger partial charge in [-0.05, 0) is 26.2 Å². The minimum Gasteiger partial charge on any atom is -0.390 e. The SMILES string of the molecule is CC#CCCC1(O)CCOCC1. The van der Waals surface area contributed by atoms with Crippen LogP contribution in [0.1, 0.15) is 32.6 Å². The van der Waals surface area contributed by atoms with E-state index in [2.05, 4.69) is 11.8 Å². The summed E-state index contributed by atoms with van der Waals surface area (Å²) in [5.41, 5.74) is -0.498. The Morgan fingerprint density at radius 3 is 2.67 bits per heavy atom. The van der Waals surface area contributed by atoms with Crippen molar-refractivity contribution in [3.63, 3.8) is 0 Å². The standard InChI is InChI=1S/C10H16O2/c1-2-3-4-5-10(11)6-8-12-9-7-10/h11H,4-9H2,1H3. The zero-order valence-corrected chi connectivity index (χ0v) is 7.60. The zero-order chi connectivity index (χ0) is 8.86. The summed E-state index contributed by atoms with van der Waals surface area (Å²) in [6.07, 6.45) is 3.11. The second-order valence-corrected chi connectivity index (χ2v) is 3.26. The number of rotatable bonds is 2. The molecular formula is C10H16O2. The van der Waals surface area contributed by atoms with E-state index in [-0.39, 0.29) is 0 Å². The quantitative estimate of drug-likeness (QED) is 0.630. The molecule has 2 heteroatoms. The summed E-state index contributed by atoms with van der Waals surface area (Å²) < 4.78 is 5.18. The summed E-state index contributed by atoms with van der Waals surface area (Å²) in [5.74, 6) is 5.80. The van der Waals surface area contributed by atoms with Crippen molar-refractivity contribution in [2.75, 3.05) is 13.2 Å². The molecule has 2 nitrogen and oxygen atoms in total. The van der Waals surface area contributed by atoms with Crippen molar-refractivity contribution in [1.82, 2.24) is 0 Å². The van der Waals surface area contributed by atoms with Gasteiger partial charge in [0.15, 0.2) is 0 Å². The maximum atomic E-state index is 9.95. The normalized spacial score (nSPS) is 21.2. The highest BCUT2D eigenvalue weighted by atomic mass is 16.5. The molecule has 1 fully saturated rings. The van der Waals surface area contributed by atoms with E-state index in [0.29, 0.717) is 13.2 Å². The highest BCUT2D eigenvalue weighted by Gasteiger charge is 2.28. The molecule has 0 aromatic rings. The van der Waals surface area contributed by atoms with Gasteiger partial charge in [0.05, 0.1) is 5.60 Å². The Hall–Kier alpha value is -0.520. The van der Waals surface area contributed by atoms with Gasteiger partial charge in [-0.2, -0.15) is 0 Å². The lowest BCUT2D eigenvalue weighted by atomic mass is 9.89. The van der Waals surface area contributed by atoms with Crippen LogP contribution < -0.4 is 0 Å². The molecule has 0 amide bonds. The second kappa shape index (κ2) is 4.49. The fourth-order valence-electron chi connectivity index (χ4n) is 1.42. The van der Waals surface area contributed by atoms with E-state index in [1.165, 1.54) is 0 Å². The molecule has 12 heavy (non-hydrogen) atoms. The Morgan fingerprint density at radius 1 is 1.42 bits per heavy atom. The van der Waals surface area contributed by atoms with E-state index < -0.39 is 5.60 Å². The summed E-state index contributed by atoms with van der Waals surface area (Å²) in [5, 5.41) is 9.95. The lowest BCUT2D eigenvalue weighted by Gasteiger charge is -2.31. The number of aliphatic hydroxyl groups is 1. The molecule has 0 radical (unpaired) electrons. The molecular weight excluding hydrogens is 152 g/mol. The van der Waals surface area contributed by atoms with E-state index in [4.69, 9.17) is 4.74 Å². The summed E-state index contributed by atoms with van der Waals surface area (Å²) in [6.45, 7) is 3.21. The van der Waals surface area contributed by atoms with E-state index >= 15 is 0 Å². The molecule has 1 saturated heterocycles.